The van der Waals surface area contributed by atoms with Crippen LogP contribution in [0.25, 0.3) is 10.8 Å². The zero-order valence-corrected chi connectivity index (χ0v) is 37.2. The number of nitro groups is 1. The second-order valence-corrected chi connectivity index (χ2v) is 16.9. The molecule has 0 spiro atoms. The van der Waals surface area contributed by atoms with E-state index < -0.39 is 28.8 Å². The number of ether oxygens (including phenoxy) is 3. The van der Waals surface area contributed by atoms with Crippen molar-refractivity contribution >= 4 is 34.2 Å². The lowest BCUT2D eigenvalue weighted by atomic mass is 9.55. The number of oxime groups is 1. The second-order valence-electron chi connectivity index (χ2n) is 16.9. The van der Waals surface area contributed by atoms with Crippen LogP contribution in [0.5, 0.6) is 11.5 Å². The molecule has 0 bridgehead atoms. The van der Waals surface area contributed by atoms with Crippen molar-refractivity contribution in [1.82, 2.24) is 10.2 Å². The van der Waals surface area contributed by atoms with Gasteiger partial charge in [-0.3, -0.25) is 14.9 Å². The highest BCUT2D eigenvalue weighted by molar-refractivity contribution is 6.04. The summed E-state index contributed by atoms with van der Waals surface area (Å²) in [7, 11) is 0. The number of nitrogens with zero attached hydrogens (tertiary/aromatic N) is 3. The van der Waals surface area contributed by atoms with Crippen LogP contribution in [0, 0.1) is 27.9 Å². The van der Waals surface area contributed by atoms with Crippen LogP contribution in [-0.4, -0.2) is 82.5 Å². The quantitative estimate of drug-likeness (QED) is 0.0316. The molecule has 3 aliphatic rings. The number of non-ortho nitro benzene ring substituents is 1. The van der Waals surface area contributed by atoms with Crippen LogP contribution in [0.2, 0.25) is 0 Å². The van der Waals surface area contributed by atoms with Gasteiger partial charge in [-0.05, 0) is 115 Å². The number of hydrogen-bond donors (Lipinski definition) is 3. The minimum Gasteiger partial charge on any atom is -0.459 e. The molecule has 1 saturated carbocycles. The van der Waals surface area contributed by atoms with Crippen molar-refractivity contribution in [1.29, 1.82) is 0 Å². The highest BCUT2D eigenvalue weighted by Crippen LogP contribution is 2.62. The standard InChI is InChI=1S/C51H60N4O10/c1-4-25-54(49(58)38-20-19-35-13-7-8-14-36(35)29-38)46-32-44(53-63-33-34-17-21-39(22-18-34)55(60)61)42-30-37(15-9-11-26-56)41(16-10-12-27-57)47-43-31-40(64-50(59)52-6-3)23-24-45(43)65-51(46,48(42)47)62-28-5-2/h5,7-8,13-14,17-24,29-31,37,41,46-48,56-57H,2,4,6,9-12,15-16,25-28,32-33H2,1,3H3,(H,52,59)/t37-,41+,46-,47+,48+,51+/m0/s1. The maximum absolute atomic E-state index is 15.2. The zero-order chi connectivity index (χ0) is 45.9. The summed E-state index contributed by atoms with van der Waals surface area (Å²) >= 11 is 0. The molecule has 6 atom stereocenters. The lowest BCUT2D eigenvalue weighted by Crippen LogP contribution is -2.70. The fraction of sp³-hybridized carbons (Fsp3) is 0.431. The van der Waals surface area contributed by atoms with Gasteiger partial charge in [-0.15, -0.1) is 6.58 Å². The molecule has 4 aromatic rings. The Balaban J connectivity index is 1.44. The molecule has 65 heavy (non-hydrogen) atoms. The Morgan fingerprint density at radius 2 is 1.74 bits per heavy atom. The van der Waals surface area contributed by atoms with Gasteiger partial charge in [-0.1, -0.05) is 67.4 Å². The number of benzene rings is 4. The van der Waals surface area contributed by atoms with E-state index in [-0.39, 0.29) is 62.2 Å². The molecule has 0 unspecified atom stereocenters. The highest BCUT2D eigenvalue weighted by Gasteiger charge is 2.65. The van der Waals surface area contributed by atoms with Gasteiger partial charge >= 0.3 is 6.09 Å². The summed E-state index contributed by atoms with van der Waals surface area (Å²) in [5.41, 5.74) is 3.44. The Kier molecular flexibility index (Phi) is 15.7. The lowest BCUT2D eigenvalue weighted by Gasteiger charge is -2.60. The van der Waals surface area contributed by atoms with Crippen LogP contribution in [-0.2, 0) is 16.2 Å². The number of amides is 2. The molecule has 0 saturated heterocycles. The van der Waals surface area contributed by atoms with Crippen molar-refractivity contribution in [3.05, 3.63) is 136 Å². The van der Waals surface area contributed by atoms with Gasteiger partial charge in [0.2, 0.25) is 5.79 Å². The summed E-state index contributed by atoms with van der Waals surface area (Å²) in [5.74, 6) is -1.77. The molecule has 7 rings (SSSR count). The number of aliphatic hydroxyl groups excluding tert-OH is 2. The highest BCUT2D eigenvalue weighted by atomic mass is 16.7. The average molecular weight is 889 g/mol. The number of fused-ring (bicyclic) bond motifs is 3. The molecule has 14 nitrogen and oxygen atoms in total. The SMILES string of the molecule is C=CCO[C@@]12Oc3ccc(OC(=O)NCC)cc3[C@H]3[C@H](CCCCO)[C@@H](CCCCO)C=C(C(=NOCc4ccc([N+](=O)[O-])cc4)C[C@@H]1N(CCC)C(=O)c1ccc4ccccc4c1)[C@H]32. The molecule has 2 aliphatic carbocycles. The summed E-state index contributed by atoms with van der Waals surface area (Å²) in [6, 6.07) is 24.4. The van der Waals surface area contributed by atoms with Gasteiger partial charge in [-0.25, -0.2) is 4.79 Å². The van der Waals surface area contributed by atoms with Crippen molar-refractivity contribution in [2.75, 3.05) is 32.9 Å². The molecule has 1 aliphatic heterocycles. The average Bonchev–Trinajstić information content (AvgIpc) is 3.31. The van der Waals surface area contributed by atoms with E-state index in [9.17, 15) is 25.1 Å². The molecule has 4 aromatic carbocycles. The summed E-state index contributed by atoms with van der Waals surface area (Å²) in [6.45, 7) is 8.86. The van der Waals surface area contributed by atoms with E-state index in [1.807, 2.05) is 73.3 Å². The van der Waals surface area contributed by atoms with Crippen LogP contribution >= 0.6 is 0 Å². The molecule has 344 valence electrons. The zero-order valence-electron chi connectivity index (χ0n) is 37.2. The minimum absolute atomic E-state index is 0.0186. The van der Waals surface area contributed by atoms with E-state index in [1.54, 1.807) is 24.3 Å². The van der Waals surface area contributed by atoms with Crippen LogP contribution in [0.4, 0.5) is 10.5 Å². The van der Waals surface area contributed by atoms with Crippen LogP contribution in [0.15, 0.2) is 114 Å². The number of hydrogen-bond acceptors (Lipinski definition) is 11. The predicted octanol–water partition coefficient (Wildman–Crippen LogP) is 9.24. The van der Waals surface area contributed by atoms with Gasteiger partial charge in [0.1, 0.15) is 24.1 Å². The number of nitro benzene ring substituents is 1. The van der Waals surface area contributed by atoms with Crippen molar-refractivity contribution < 1.29 is 43.8 Å². The fourth-order valence-corrected chi connectivity index (χ4v) is 10.0. The molecule has 0 aromatic heterocycles. The van der Waals surface area contributed by atoms with E-state index in [1.165, 1.54) is 12.1 Å². The first-order valence-corrected chi connectivity index (χ1v) is 22.8. The fourth-order valence-electron chi connectivity index (χ4n) is 10.0. The van der Waals surface area contributed by atoms with Gasteiger partial charge in [-0.2, -0.15) is 0 Å². The Morgan fingerprint density at radius 1 is 0.985 bits per heavy atom. The smallest absolute Gasteiger partial charge is 0.412 e. The molecular formula is C51H60N4O10. The van der Waals surface area contributed by atoms with Gasteiger partial charge < -0.3 is 39.5 Å². The Hall–Kier alpha value is -6.09. The van der Waals surface area contributed by atoms with E-state index in [2.05, 4.69) is 18.0 Å². The van der Waals surface area contributed by atoms with Crippen LogP contribution in [0.1, 0.15) is 92.6 Å². The Bertz CT molecular complexity index is 2380. The number of allylic oxidation sites excluding steroid dienone is 1. The largest absolute Gasteiger partial charge is 0.459 e. The predicted molar refractivity (Wildman–Crippen MR) is 248 cm³/mol. The van der Waals surface area contributed by atoms with Gasteiger partial charge in [0.05, 0.1) is 23.2 Å². The molecule has 1 fully saturated rings. The van der Waals surface area contributed by atoms with E-state index >= 15 is 4.79 Å². The van der Waals surface area contributed by atoms with Gasteiger partial charge in [0.15, 0.2) is 0 Å². The molecule has 1 heterocycles. The summed E-state index contributed by atoms with van der Waals surface area (Å²) in [5, 5.41) is 40.8. The summed E-state index contributed by atoms with van der Waals surface area (Å²) < 4.78 is 20.3. The third-order valence-electron chi connectivity index (χ3n) is 12.8. The summed E-state index contributed by atoms with van der Waals surface area (Å²) in [6.07, 6.45) is 8.39. The number of unbranched alkanes of at least 4 members (excludes halogenated alkanes) is 2. The number of aliphatic hydroxyl groups is 2. The van der Waals surface area contributed by atoms with E-state index in [0.29, 0.717) is 60.7 Å². The number of rotatable bonds is 21. The molecule has 3 N–H and O–H groups in total. The second kappa shape index (κ2) is 21.7. The van der Waals surface area contributed by atoms with Crippen LogP contribution < -0.4 is 14.8 Å². The lowest BCUT2D eigenvalue weighted by molar-refractivity contribution is -0.384. The monoisotopic (exact) mass is 888 g/mol. The number of carbonyl (C=O) groups excluding carboxylic acids is 2. The first-order valence-electron chi connectivity index (χ1n) is 22.8. The molecule has 2 amide bonds. The van der Waals surface area contributed by atoms with Crippen molar-refractivity contribution in [2.24, 2.45) is 22.9 Å². The van der Waals surface area contributed by atoms with Crippen LogP contribution in [0.3, 0.4) is 0 Å². The third kappa shape index (κ3) is 10.2. The van der Waals surface area contributed by atoms with E-state index in [0.717, 1.165) is 47.6 Å². The van der Waals surface area contributed by atoms with Crippen molar-refractivity contribution in [3.8, 4) is 11.5 Å². The van der Waals surface area contributed by atoms with Gasteiger partial charge in [0, 0.05) is 61.9 Å². The topological polar surface area (TPSA) is 182 Å². The maximum Gasteiger partial charge on any atom is 0.412 e. The summed E-state index contributed by atoms with van der Waals surface area (Å²) in [4.78, 5) is 47.0. The minimum atomic E-state index is -1.48. The Morgan fingerprint density at radius 3 is 2.45 bits per heavy atom. The maximum atomic E-state index is 15.2. The third-order valence-corrected chi connectivity index (χ3v) is 12.8. The van der Waals surface area contributed by atoms with Gasteiger partial charge in [0.25, 0.3) is 11.6 Å². The van der Waals surface area contributed by atoms with E-state index in [4.69, 9.17) is 24.2 Å². The molecular weight excluding hydrogens is 829 g/mol. The normalized spacial score (nSPS) is 22.5. The first-order chi connectivity index (χ1) is 31.7. The number of nitrogens with one attached hydrogen (secondary N) is 1. The number of carbonyl (C=O) groups is 2. The first kappa shape index (κ1) is 46.9. The Labute approximate surface area is 380 Å². The molecule has 14 heteroatoms. The van der Waals surface area contributed by atoms with Crippen molar-refractivity contribution in [2.45, 2.75) is 89.6 Å². The molecule has 0 radical (unpaired) electrons. The van der Waals surface area contributed by atoms with Crippen molar-refractivity contribution in [3.63, 3.8) is 0 Å².